The summed E-state index contributed by atoms with van der Waals surface area (Å²) in [6.07, 6.45) is 6.13. The van der Waals surface area contributed by atoms with E-state index < -0.39 is 0 Å². The zero-order chi connectivity index (χ0) is 26.9. The summed E-state index contributed by atoms with van der Waals surface area (Å²) in [5.41, 5.74) is 5.03. The quantitative estimate of drug-likeness (QED) is 0.489. The Balaban J connectivity index is 0.00000323. The number of anilines is 1. The summed E-state index contributed by atoms with van der Waals surface area (Å²) in [7, 11) is 2.15. The zero-order valence-corrected chi connectivity index (χ0v) is 23.2. The van der Waals surface area contributed by atoms with Crippen molar-refractivity contribution in [3.63, 3.8) is 0 Å². The highest BCUT2D eigenvalue weighted by molar-refractivity contribution is 5.87. The Kier molecular flexibility index (Phi) is 8.33. The van der Waals surface area contributed by atoms with E-state index in [9.17, 15) is 10.1 Å². The Hall–Kier alpha value is -3.55. The van der Waals surface area contributed by atoms with Gasteiger partial charge in [-0.3, -0.25) is 14.4 Å². The van der Waals surface area contributed by atoms with Gasteiger partial charge in [-0.15, -0.1) is 0 Å². The van der Waals surface area contributed by atoms with E-state index in [1.807, 2.05) is 0 Å². The summed E-state index contributed by atoms with van der Waals surface area (Å²) in [5.74, 6) is 0.760. The third-order valence-corrected chi connectivity index (χ3v) is 8.95. The largest absolute Gasteiger partial charge is 0.462 e. The van der Waals surface area contributed by atoms with Gasteiger partial charge in [-0.2, -0.15) is 15.2 Å². The molecule has 0 spiro atoms. The number of ether oxygens (including phenoxy) is 1. The minimum Gasteiger partial charge on any atom is -0.462 e. The number of hydrogen-bond donors (Lipinski definition) is 0. The summed E-state index contributed by atoms with van der Waals surface area (Å²) in [6, 6.07) is 12.0. The Morgan fingerprint density at radius 2 is 2.02 bits per heavy atom. The maximum absolute atomic E-state index is 12.5. The van der Waals surface area contributed by atoms with Crippen LogP contribution in [-0.4, -0.2) is 82.5 Å². The van der Waals surface area contributed by atoms with Crippen molar-refractivity contribution < 1.29 is 14.2 Å². The van der Waals surface area contributed by atoms with Crippen LogP contribution in [0.4, 0.5) is 10.5 Å². The number of hydrogen-bond acceptors (Lipinski definition) is 8. The van der Waals surface area contributed by atoms with Gasteiger partial charge >= 0.3 is 6.01 Å². The first-order valence-corrected chi connectivity index (χ1v) is 14.1. The number of benzene rings is 1. The van der Waals surface area contributed by atoms with Crippen molar-refractivity contribution in [1.82, 2.24) is 24.7 Å². The van der Waals surface area contributed by atoms with Gasteiger partial charge in [0.05, 0.1) is 24.2 Å². The fraction of sp³-hybridized carbons (Fsp3) is 0.533. The first-order valence-electron chi connectivity index (χ1n) is 14.1. The molecule has 0 radical (unpaired) electrons. The molecule has 0 saturated carbocycles. The first kappa shape index (κ1) is 28.0. The lowest BCUT2D eigenvalue weighted by Gasteiger charge is -2.41. The third-order valence-electron chi connectivity index (χ3n) is 8.95. The Labute approximate surface area is 235 Å². The second-order valence-electron chi connectivity index (χ2n) is 11.2. The number of halogens is 1. The smallest absolute Gasteiger partial charge is 0.318 e. The molecule has 1 aromatic heterocycles. The molecule has 4 aliphatic rings. The van der Waals surface area contributed by atoms with Gasteiger partial charge in [0.1, 0.15) is 12.4 Å². The van der Waals surface area contributed by atoms with Crippen molar-refractivity contribution in [2.45, 2.75) is 63.3 Å². The van der Waals surface area contributed by atoms with E-state index in [0.717, 1.165) is 56.0 Å². The molecule has 4 heterocycles. The van der Waals surface area contributed by atoms with E-state index in [1.54, 1.807) is 4.90 Å². The number of aromatic nitrogens is 2. The van der Waals surface area contributed by atoms with Crippen LogP contribution in [0.25, 0.3) is 0 Å². The number of likely N-dealkylation sites (tertiary alicyclic amines) is 1. The van der Waals surface area contributed by atoms with Gasteiger partial charge in [0.2, 0.25) is 5.91 Å². The van der Waals surface area contributed by atoms with Crippen molar-refractivity contribution in [1.29, 1.82) is 5.26 Å². The first-order chi connectivity index (χ1) is 19.1. The third kappa shape index (κ3) is 5.28. The van der Waals surface area contributed by atoms with Crippen molar-refractivity contribution >= 4 is 11.7 Å². The van der Waals surface area contributed by atoms with E-state index in [-0.39, 0.29) is 23.1 Å². The number of piperazine rings is 1. The average Bonchev–Trinajstić information content (AvgIpc) is 3.69. The fourth-order valence-corrected chi connectivity index (χ4v) is 6.80. The number of amides is 1. The number of rotatable bonds is 7. The molecule has 2 fully saturated rings. The maximum atomic E-state index is 12.5. The van der Waals surface area contributed by atoms with E-state index in [4.69, 9.17) is 14.7 Å². The Morgan fingerprint density at radius 1 is 1.18 bits per heavy atom. The average molecular weight is 548 g/mol. The fourth-order valence-electron chi connectivity index (χ4n) is 6.80. The van der Waals surface area contributed by atoms with Gasteiger partial charge in [0.25, 0.3) is 0 Å². The number of carbonyl (C=O) groups is 1. The molecule has 2 aromatic rings. The Morgan fingerprint density at radius 3 is 2.80 bits per heavy atom. The number of likely N-dealkylation sites (N-methyl/N-ethyl adjacent to an activating group) is 1. The highest BCUT2D eigenvalue weighted by Crippen LogP contribution is 2.42. The molecule has 1 unspecified atom stereocenters. The summed E-state index contributed by atoms with van der Waals surface area (Å²) in [4.78, 5) is 31.3. The van der Waals surface area contributed by atoms with Gasteiger partial charge in [0.15, 0.2) is 0 Å². The lowest BCUT2D eigenvalue weighted by molar-refractivity contribution is -0.128. The van der Waals surface area contributed by atoms with Gasteiger partial charge in [-0.1, -0.05) is 30.8 Å². The number of fused-ring (bicyclic) bond motifs is 2. The predicted molar refractivity (Wildman–Crippen MR) is 151 cm³/mol. The number of carbonyl (C=O) groups excluding carboxylic acids is 1. The van der Waals surface area contributed by atoms with E-state index >= 15 is 0 Å². The molecule has 2 saturated heterocycles. The van der Waals surface area contributed by atoms with Crippen LogP contribution in [0.1, 0.15) is 54.1 Å². The van der Waals surface area contributed by atoms with Gasteiger partial charge in [-0.05, 0) is 56.5 Å². The van der Waals surface area contributed by atoms with Crippen LogP contribution in [-0.2, 0) is 24.3 Å². The molecule has 6 rings (SSSR count). The molecule has 212 valence electrons. The van der Waals surface area contributed by atoms with Crippen molar-refractivity contribution in [3.8, 4) is 12.1 Å². The topological polar surface area (TPSA) is 88.8 Å². The van der Waals surface area contributed by atoms with E-state index in [1.165, 1.54) is 23.6 Å². The van der Waals surface area contributed by atoms with Crippen LogP contribution in [0.5, 0.6) is 6.01 Å². The normalized spacial score (nSPS) is 24.2. The van der Waals surface area contributed by atoms with Crippen LogP contribution < -0.4 is 9.64 Å². The molecule has 0 N–H and O–H groups in total. The molecule has 1 aliphatic carbocycles. The highest BCUT2D eigenvalue weighted by Gasteiger charge is 2.37. The summed E-state index contributed by atoms with van der Waals surface area (Å²) in [5, 5.41) is 9.49. The van der Waals surface area contributed by atoms with Gasteiger partial charge < -0.3 is 19.4 Å². The monoisotopic (exact) mass is 547 g/mol. The van der Waals surface area contributed by atoms with Gasteiger partial charge in [0, 0.05) is 50.4 Å². The van der Waals surface area contributed by atoms with Gasteiger partial charge in [-0.25, -0.2) is 0 Å². The SMILES string of the molecule is C=CC(=O)N1CCN(c2nc(OC[C@@H]3CCCN3C)nc3c2CN(C2CCc4ccccc42)C3)C[C@@H]1CC#N.F. The molecular weight excluding hydrogens is 509 g/mol. The molecule has 1 aromatic carbocycles. The Bertz CT molecular complexity index is 1300. The van der Waals surface area contributed by atoms with Crippen molar-refractivity contribution in [3.05, 3.63) is 59.3 Å². The van der Waals surface area contributed by atoms with Crippen LogP contribution in [0.2, 0.25) is 0 Å². The van der Waals surface area contributed by atoms with Crippen LogP contribution >= 0.6 is 0 Å². The summed E-state index contributed by atoms with van der Waals surface area (Å²) >= 11 is 0. The maximum Gasteiger partial charge on any atom is 0.318 e. The minimum absolute atomic E-state index is 0. The molecule has 3 atom stereocenters. The highest BCUT2D eigenvalue weighted by atomic mass is 19.0. The van der Waals surface area contributed by atoms with Crippen LogP contribution in [0, 0.1) is 11.3 Å². The van der Waals surface area contributed by atoms with E-state index in [0.29, 0.717) is 44.3 Å². The molecule has 0 bridgehead atoms. The van der Waals surface area contributed by atoms with E-state index in [2.05, 4.69) is 58.7 Å². The molecule has 1 amide bonds. The molecule has 3 aliphatic heterocycles. The van der Waals surface area contributed by atoms with Crippen molar-refractivity contribution in [2.24, 2.45) is 0 Å². The second kappa shape index (κ2) is 11.9. The zero-order valence-electron chi connectivity index (χ0n) is 23.2. The standard InChI is InChI=1S/C30H37N7O2.FH/c1-3-28(38)37-16-15-35(17-22(37)12-13-31)29-25-18-36(27-11-10-21-7-4-5-9-24(21)27)19-26(25)32-30(33-29)39-20-23-8-6-14-34(23)2;/h3-5,7,9,22-23,27H,1,6,8,10-12,14-20H2,2H3;1H/t22-,23-,27?;/m0./s1. The lowest BCUT2D eigenvalue weighted by Crippen LogP contribution is -2.55. The summed E-state index contributed by atoms with van der Waals surface area (Å²) < 4.78 is 6.25. The lowest BCUT2D eigenvalue weighted by atomic mass is 10.1. The summed E-state index contributed by atoms with van der Waals surface area (Å²) in [6.45, 7) is 8.59. The van der Waals surface area contributed by atoms with Crippen LogP contribution in [0.3, 0.4) is 0 Å². The molecular formula is C30H38FN7O2. The van der Waals surface area contributed by atoms with Crippen molar-refractivity contribution in [2.75, 3.05) is 44.7 Å². The van der Waals surface area contributed by atoms with Crippen LogP contribution in [0.15, 0.2) is 36.9 Å². The molecule has 40 heavy (non-hydrogen) atoms. The second-order valence-corrected chi connectivity index (χ2v) is 11.2. The molecule has 9 nitrogen and oxygen atoms in total. The number of nitriles is 1. The molecule has 10 heteroatoms. The predicted octanol–water partition coefficient (Wildman–Crippen LogP) is 3.22. The number of aryl methyl sites for hydroxylation is 1. The minimum atomic E-state index is -0.212. The number of nitrogens with zero attached hydrogens (tertiary/aromatic N) is 7.